The van der Waals surface area contributed by atoms with Gasteiger partial charge in [-0.3, -0.25) is 0 Å². The first-order chi connectivity index (χ1) is 15.0. The van der Waals surface area contributed by atoms with Crippen LogP contribution in [0.5, 0.6) is 5.88 Å². The highest BCUT2D eigenvalue weighted by Crippen LogP contribution is 2.48. The number of nitrogens with one attached hydrogen (secondary N) is 2. The van der Waals surface area contributed by atoms with Crippen molar-refractivity contribution in [2.45, 2.75) is 38.1 Å². The zero-order valence-electron chi connectivity index (χ0n) is 17.3. The SMILES string of the molecule is CCOc1nc(C(F)(F)F)ccc1Nc1cc2c3c(c1)[C@@H]1CNCC[C@@H]1N3CCOC2. The second-order valence-electron chi connectivity index (χ2n) is 8.09. The molecule has 0 unspecified atom stereocenters. The molecule has 0 saturated carbocycles. The van der Waals surface area contributed by atoms with Crippen LogP contribution < -0.4 is 20.3 Å². The molecule has 4 heterocycles. The molecule has 2 atom stereocenters. The number of alkyl halides is 3. The van der Waals surface area contributed by atoms with Gasteiger partial charge in [0.25, 0.3) is 0 Å². The minimum Gasteiger partial charge on any atom is -0.476 e. The third kappa shape index (κ3) is 3.70. The van der Waals surface area contributed by atoms with E-state index in [0.29, 0.717) is 30.9 Å². The number of hydrogen-bond acceptors (Lipinski definition) is 6. The molecule has 2 aromatic rings. The molecule has 31 heavy (non-hydrogen) atoms. The lowest BCUT2D eigenvalue weighted by Gasteiger charge is -2.33. The quantitative estimate of drug-likeness (QED) is 0.758. The van der Waals surface area contributed by atoms with Crippen LogP contribution in [0.3, 0.4) is 0 Å². The molecular formula is C22H25F3N4O2. The number of aromatic nitrogens is 1. The average Bonchev–Trinajstić information content (AvgIpc) is 2.90. The third-order valence-corrected chi connectivity index (χ3v) is 6.20. The number of nitrogens with zero attached hydrogens (tertiary/aromatic N) is 2. The van der Waals surface area contributed by atoms with Crippen molar-refractivity contribution < 1.29 is 22.6 Å². The third-order valence-electron chi connectivity index (χ3n) is 6.20. The molecule has 5 rings (SSSR count). The lowest BCUT2D eigenvalue weighted by molar-refractivity contribution is -0.141. The Morgan fingerprint density at radius 3 is 3.00 bits per heavy atom. The zero-order valence-corrected chi connectivity index (χ0v) is 17.3. The Morgan fingerprint density at radius 1 is 1.32 bits per heavy atom. The molecule has 166 valence electrons. The van der Waals surface area contributed by atoms with Crippen LogP contribution in [0.4, 0.5) is 30.2 Å². The van der Waals surface area contributed by atoms with Gasteiger partial charge in [-0.05, 0) is 49.7 Å². The van der Waals surface area contributed by atoms with Crippen molar-refractivity contribution in [3.63, 3.8) is 0 Å². The molecule has 6 nitrogen and oxygen atoms in total. The number of ether oxygens (including phenoxy) is 2. The summed E-state index contributed by atoms with van der Waals surface area (Å²) < 4.78 is 50.5. The van der Waals surface area contributed by atoms with Crippen LogP contribution in [0.1, 0.15) is 36.1 Å². The first kappa shape index (κ1) is 20.4. The maximum atomic E-state index is 13.1. The molecule has 9 heteroatoms. The summed E-state index contributed by atoms with van der Waals surface area (Å²) in [5, 5.41) is 6.74. The van der Waals surface area contributed by atoms with Crippen LogP contribution in [0.25, 0.3) is 0 Å². The topological polar surface area (TPSA) is 58.7 Å². The monoisotopic (exact) mass is 434 g/mol. The maximum absolute atomic E-state index is 13.1. The molecule has 3 aliphatic rings. The number of anilines is 3. The molecule has 1 aromatic heterocycles. The molecule has 1 saturated heterocycles. The van der Waals surface area contributed by atoms with Gasteiger partial charge >= 0.3 is 6.18 Å². The largest absolute Gasteiger partial charge is 0.476 e. The molecular weight excluding hydrogens is 409 g/mol. The molecule has 0 radical (unpaired) electrons. The molecule has 0 bridgehead atoms. The van der Waals surface area contributed by atoms with Gasteiger partial charge in [-0.1, -0.05) is 0 Å². The minimum atomic E-state index is -4.52. The van der Waals surface area contributed by atoms with Crippen LogP contribution in [0.15, 0.2) is 24.3 Å². The Kier molecular flexibility index (Phi) is 5.18. The summed E-state index contributed by atoms with van der Waals surface area (Å²) in [7, 11) is 0. The van der Waals surface area contributed by atoms with E-state index in [1.807, 2.05) is 6.07 Å². The highest BCUT2D eigenvalue weighted by Gasteiger charge is 2.42. The fraction of sp³-hybridized carbons (Fsp3) is 0.500. The number of fused-ring (bicyclic) bond motifs is 3. The predicted molar refractivity (Wildman–Crippen MR) is 111 cm³/mol. The Balaban J connectivity index is 1.52. The Hall–Kier alpha value is -2.52. The molecule has 2 N–H and O–H groups in total. The fourth-order valence-electron chi connectivity index (χ4n) is 4.95. The van der Waals surface area contributed by atoms with Crippen molar-refractivity contribution in [1.82, 2.24) is 10.3 Å². The minimum absolute atomic E-state index is 0.0567. The normalized spacial score (nSPS) is 22.5. The fourth-order valence-corrected chi connectivity index (χ4v) is 4.95. The number of piperidine rings is 1. The van der Waals surface area contributed by atoms with E-state index in [1.54, 1.807) is 6.92 Å². The number of benzene rings is 1. The van der Waals surface area contributed by atoms with E-state index < -0.39 is 11.9 Å². The van der Waals surface area contributed by atoms with Gasteiger partial charge in [-0.15, -0.1) is 0 Å². The van der Waals surface area contributed by atoms with Gasteiger partial charge in [0.05, 0.1) is 19.8 Å². The van der Waals surface area contributed by atoms with Crippen LogP contribution in [-0.2, 0) is 17.5 Å². The van der Waals surface area contributed by atoms with Crippen LogP contribution >= 0.6 is 0 Å². The summed E-state index contributed by atoms with van der Waals surface area (Å²) in [6, 6.07) is 6.94. The van der Waals surface area contributed by atoms with Crippen molar-refractivity contribution in [3.8, 4) is 5.88 Å². The summed E-state index contributed by atoms with van der Waals surface area (Å²) in [5.41, 5.74) is 3.86. The number of pyridine rings is 1. The number of rotatable bonds is 4. The van der Waals surface area contributed by atoms with E-state index in [2.05, 4.69) is 26.6 Å². The van der Waals surface area contributed by atoms with E-state index >= 15 is 0 Å². The van der Waals surface area contributed by atoms with Gasteiger partial charge < -0.3 is 25.0 Å². The van der Waals surface area contributed by atoms with Gasteiger partial charge in [0.15, 0.2) is 0 Å². The molecule has 0 aliphatic carbocycles. The first-order valence-corrected chi connectivity index (χ1v) is 10.7. The summed E-state index contributed by atoms with van der Waals surface area (Å²) in [4.78, 5) is 6.18. The Labute approximate surface area is 178 Å². The second-order valence-corrected chi connectivity index (χ2v) is 8.09. The lowest BCUT2D eigenvalue weighted by atomic mass is 9.89. The van der Waals surface area contributed by atoms with E-state index in [1.165, 1.54) is 17.3 Å². The Bertz CT molecular complexity index is 982. The Morgan fingerprint density at radius 2 is 2.19 bits per heavy atom. The van der Waals surface area contributed by atoms with Crippen LogP contribution in [0, 0.1) is 0 Å². The van der Waals surface area contributed by atoms with Crippen molar-refractivity contribution in [2.75, 3.05) is 43.1 Å². The van der Waals surface area contributed by atoms with Crippen molar-refractivity contribution in [3.05, 3.63) is 41.1 Å². The van der Waals surface area contributed by atoms with Crippen LogP contribution in [0.2, 0.25) is 0 Å². The zero-order chi connectivity index (χ0) is 21.6. The summed E-state index contributed by atoms with van der Waals surface area (Å²) in [6.45, 7) is 5.94. The van der Waals surface area contributed by atoms with Gasteiger partial charge in [-0.25, -0.2) is 4.98 Å². The molecule has 1 fully saturated rings. The molecule has 1 aromatic carbocycles. The van der Waals surface area contributed by atoms with Crippen LogP contribution in [-0.4, -0.2) is 43.9 Å². The van der Waals surface area contributed by atoms with Crippen molar-refractivity contribution in [1.29, 1.82) is 0 Å². The van der Waals surface area contributed by atoms with Gasteiger partial charge in [0, 0.05) is 42.0 Å². The average molecular weight is 434 g/mol. The standard InChI is InChI=1S/C22H25F3N4O2/c1-2-31-21-17(3-4-19(28-21)22(23,24)25)27-14-9-13-12-30-8-7-29-18-5-6-26-11-16(18)15(10-14)20(13)29/h3-4,9-10,16,18,26-27H,2,5-8,11-12H2,1H3/t16-,18-/m0/s1. The van der Waals surface area contributed by atoms with Gasteiger partial charge in [0.2, 0.25) is 5.88 Å². The molecule has 0 amide bonds. The highest BCUT2D eigenvalue weighted by atomic mass is 19.4. The molecule has 3 aliphatic heterocycles. The summed E-state index contributed by atoms with van der Waals surface area (Å²) in [5.74, 6) is 0.332. The van der Waals surface area contributed by atoms with E-state index in [0.717, 1.165) is 43.4 Å². The lowest BCUT2D eigenvalue weighted by Crippen LogP contribution is -2.44. The smallest absolute Gasteiger partial charge is 0.433 e. The second kappa shape index (κ2) is 7.87. The predicted octanol–water partition coefficient (Wildman–Crippen LogP) is 4.04. The first-order valence-electron chi connectivity index (χ1n) is 10.7. The van der Waals surface area contributed by atoms with Crippen molar-refractivity contribution >= 4 is 17.1 Å². The number of halogens is 3. The van der Waals surface area contributed by atoms with Gasteiger partial charge in [-0.2, -0.15) is 13.2 Å². The highest BCUT2D eigenvalue weighted by molar-refractivity contribution is 5.75. The van der Waals surface area contributed by atoms with E-state index in [4.69, 9.17) is 9.47 Å². The molecule has 0 spiro atoms. The van der Waals surface area contributed by atoms with Crippen molar-refractivity contribution in [2.24, 2.45) is 0 Å². The van der Waals surface area contributed by atoms with Gasteiger partial charge in [0.1, 0.15) is 11.4 Å². The summed E-state index contributed by atoms with van der Waals surface area (Å²) in [6.07, 6.45) is -3.44. The van der Waals surface area contributed by atoms with E-state index in [-0.39, 0.29) is 12.5 Å². The summed E-state index contributed by atoms with van der Waals surface area (Å²) >= 11 is 0. The maximum Gasteiger partial charge on any atom is 0.433 e. The van der Waals surface area contributed by atoms with E-state index in [9.17, 15) is 13.2 Å². The number of hydrogen-bond donors (Lipinski definition) is 2.